The minimum atomic E-state index is -1.01. The van der Waals surface area contributed by atoms with Crippen molar-refractivity contribution in [2.45, 2.75) is 45.2 Å². The molecule has 1 rings (SSSR count). The quantitative estimate of drug-likeness (QED) is 0.560. The lowest BCUT2D eigenvalue weighted by Gasteiger charge is -2.24. The van der Waals surface area contributed by atoms with Gasteiger partial charge in [0, 0.05) is 5.92 Å². The van der Waals surface area contributed by atoms with Gasteiger partial charge in [0.05, 0.1) is 18.5 Å². The molecule has 4 N–H and O–H groups in total. The van der Waals surface area contributed by atoms with E-state index >= 15 is 0 Å². The Hall–Kier alpha value is -2.21. The molecule has 24 heavy (non-hydrogen) atoms. The number of hydrogen-bond acceptors (Lipinski definition) is 4. The number of rotatable bonds is 10. The smallest absolute Gasteiger partial charge is 0.303 e. The minimum Gasteiger partial charge on any atom is -0.481 e. The molecule has 0 saturated carbocycles. The molecule has 1 aromatic carbocycles. The summed E-state index contributed by atoms with van der Waals surface area (Å²) in [5.41, 5.74) is 6.74. The number of nitrogens with one attached hydrogen (secondary N) is 1. The largest absolute Gasteiger partial charge is 0.481 e. The molecule has 0 radical (unpaired) electrons. The lowest BCUT2D eigenvalue weighted by atomic mass is 9.89. The van der Waals surface area contributed by atoms with Crippen molar-refractivity contribution in [2.24, 2.45) is 17.6 Å². The number of nitrogens with two attached hydrogens (primary N) is 1. The molecule has 0 heterocycles. The first kappa shape index (κ1) is 19.8. The lowest BCUT2D eigenvalue weighted by molar-refractivity contribution is -0.139. The fourth-order valence-corrected chi connectivity index (χ4v) is 2.62. The molecule has 132 valence electrons. The van der Waals surface area contributed by atoms with E-state index in [4.69, 9.17) is 10.8 Å². The summed E-state index contributed by atoms with van der Waals surface area (Å²) in [6.45, 7) is 3.90. The van der Waals surface area contributed by atoms with Gasteiger partial charge in [-0.1, -0.05) is 44.2 Å². The molecule has 0 aliphatic rings. The maximum atomic E-state index is 12.1. The second-order valence-electron chi connectivity index (χ2n) is 6.45. The molecule has 1 aromatic rings. The van der Waals surface area contributed by atoms with Crippen LogP contribution in [0.3, 0.4) is 0 Å². The van der Waals surface area contributed by atoms with Crippen LogP contribution in [0.4, 0.5) is 0 Å². The van der Waals surface area contributed by atoms with Gasteiger partial charge in [0.15, 0.2) is 0 Å². The Morgan fingerprint density at radius 1 is 1.25 bits per heavy atom. The second-order valence-corrected chi connectivity index (χ2v) is 6.45. The van der Waals surface area contributed by atoms with Crippen LogP contribution in [0.15, 0.2) is 30.3 Å². The van der Waals surface area contributed by atoms with E-state index in [1.165, 1.54) is 0 Å². The van der Waals surface area contributed by atoms with E-state index in [0.29, 0.717) is 19.1 Å². The van der Waals surface area contributed by atoms with Crippen molar-refractivity contribution in [1.82, 2.24) is 5.32 Å². The molecular formula is C18H26N2O4. The van der Waals surface area contributed by atoms with Crippen LogP contribution in [-0.2, 0) is 20.8 Å². The highest BCUT2D eigenvalue weighted by Crippen LogP contribution is 2.16. The van der Waals surface area contributed by atoms with Crippen LogP contribution < -0.4 is 11.1 Å². The lowest BCUT2D eigenvalue weighted by Crippen LogP contribution is -2.50. The Morgan fingerprint density at radius 2 is 1.88 bits per heavy atom. The normalized spacial score (nSPS) is 14.7. The van der Waals surface area contributed by atoms with Crippen LogP contribution >= 0.6 is 0 Å². The van der Waals surface area contributed by atoms with Crippen molar-refractivity contribution in [3.8, 4) is 0 Å². The van der Waals surface area contributed by atoms with Crippen LogP contribution in [0.1, 0.15) is 32.3 Å². The van der Waals surface area contributed by atoms with E-state index in [2.05, 4.69) is 5.32 Å². The highest BCUT2D eigenvalue weighted by molar-refractivity contribution is 5.84. The van der Waals surface area contributed by atoms with Crippen molar-refractivity contribution in [3.05, 3.63) is 35.9 Å². The third-order valence-electron chi connectivity index (χ3n) is 3.80. The van der Waals surface area contributed by atoms with Gasteiger partial charge in [0.25, 0.3) is 0 Å². The average Bonchev–Trinajstić information content (AvgIpc) is 2.51. The van der Waals surface area contributed by atoms with Crippen molar-refractivity contribution < 1.29 is 19.5 Å². The summed E-state index contributed by atoms with van der Waals surface area (Å²) >= 11 is 0. The number of carboxylic acids is 1. The Morgan fingerprint density at radius 3 is 2.38 bits per heavy atom. The van der Waals surface area contributed by atoms with Gasteiger partial charge in [-0.2, -0.15) is 0 Å². The van der Waals surface area contributed by atoms with Crippen molar-refractivity contribution in [3.63, 3.8) is 0 Å². The highest BCUT2D eigenvalue weighted by Gasteiger charge is 2.27. The van der Waals surface area contributed by atoms with Gasteiger partial charge in [0.2, 0.25) is 5.91 Å². The second kappa shape index (κ2) is 9.82. The van der Waals surface area contributed by atoms with Crippen LogP contribution in [0.25, 0.3) is 0 Å². The molecule has 0 aromatic heterocycles. The zero-order chi connectivity index (χ0) is 18.1. The summed E-state index contributed by atoms with van der Waals surface area (Å²) in [4.78, 5) is 34.7. The topological polar surface area (TPSA) is 109 Å². The summed E-state index contributed by atoms with van der Waals surface area (Å²) < 4.78 is 0. The van der Waals surface area contributed by atoms with Gasteiger partial charge in [-0.25, -0.2) is 0 Å². The van der Waals surface area contributed by atoms with E-state index in [1.807, 2.05) is 44.2 Å². The minimum absolute atomic E-state index is 0.210. The molecule has 0 bridgehead atoms. The molecule has 1 amide bonds. The van der Waals surface area contributed by atoms with E-state index in [0.717, 1.165) is 5.56 Å². The number of carboxylic acid groups (broad SMARTS) is 1. The third kappa shape index (κ3) is 6.91. The first-order valence-electron chi connectivity index (χ1n) is 8.10. The fraction of sp³-hybridized carbons (Fsp3) is 0.500. The van der Waals surface area contributed by atoms with Gasteiger partial charge in [-0.3, -0.25) is 9.59 Å². The monoisotopic (exact) mass is 334 g/mol. The van der Waals surface area contributed by atoms with Crippen LogP contribution in [0.5, 0.6) is 0 Å². The number of hydrogen-bond donors (Lipinski definition) is 3. The molecule has 0 aliphatic carbocycles. The fourth-order valence-electron chi connectivity index (χ4n) is 2.62. The van der Waals surface area contributed by atoms with Gasteiger partial charge >= 0.3 is 5.97 Å². The van der Waals surface area contributed by atoms with Gasteiger partial charge < -0.3 is 21.0 Å². The Bertz CT molecular complexity index is 545. The van der Waals surface area contributed by atoms with E-state index in [9.17, 15) is 14.4 Å². The molecule has 1 unspecified atom stereocenters. The highest BCUT2D eigenvalue weighted by atomic mass is 16.4. The summed E-state index contributed by atoms with van der Waals surface area (Å²) in [6, 6.07) is 7.69. The number of carbonyl (C=O) groups excluding carboxylic acids is 2. The summed E-state index contributed by atoms with van der Waals surface area (Å²) in [7, 11) is 0. The molecule has 0 spiro atoms. The van der Waals surface area contributed by atoms with E-state index < -0.39 is 29.9 Å². The van der Waals surface area contributed by atoms with Crippen LogP contribution in [0.2, 0.25) is 0 Å². The zero-order valence-electron chi connectivity index (χ0n) is 14.1. The van der Waals surface area contributed by atoms with Crippen molar-refractivity contribution in [2.75, 3.05) is 0 Å². The van der Waals surface area contributed by atoms with Gasteiger partial charge in [-0.15, -0.1) is 0 Å². The molecule has 0 aliphatic heterocycles. The van der Waals surface area contributed by atoms with Gasteiger partial charge in [0.1, 0.15) is 6.29 Å². The molecule has 6 nitrogen and oxygen atoms in total. The van der Waals surface area contributed by atoms with Gasteiger partial charge in [-0.05, 0) is 24.3 Å². The number of amides is 1. The zero-order valence-corrected chi connectivity index (χ0v) is 14.1. The standard InChI is InChI=1S/C18H26N2O4/c1-12(2)8-15(19)18(24)20-16(11-21)14(10-17(22)23)9-13-6-4-3-5-7-13/h3-7,11-12,14-16H,8-10,19H2,1-2H3,(H,20,24)(H,22,23)/t14?,15-,16+/m0/s1. The Kier molecular flexibility index (Phi) is 8.12. The van der Waals surface area contributed by atoms with E-state index in [-0.39, 0.29) is 12.3 Å². The number of benzene rings is 1. The molecule has 0 fully saturated rings. The predicted octanol–water partition coefficient (Wildman–Crippen LogP) is 1.38. The third-order valence-corrected chi connectivity index (χ3v) is 3.80. The van der Waals surface area contributed by atoms with Crippen molar-refractivity contribution >= 4 is 18.2 Å². The van der Waals surface area contributed by atoms with Crippen LogP contribution in [-0.4, -0.2) is 35.4 Å². The maximum Gasteiger partial charge on any atom is 0.303 e. The van der Waals surface area contributed by atoms with Crippen LogP contribution in [0, 0.1) is 11.8 Å². The van der Waals surface area contributed by atoms with E-state index in [1.54, 1.807) is 0 Å². The number of aldehydes is 1. The molecule has 0 saturated heterocycles. The molecule has 3 atom stereocenters. The average molecular weight is 334 g/mol. The molecule has 6 heteroatoms. The number of aliphatic carboxylic acids is 1. The first-order chi connectivity index (χ1) is 11.3. The first-order valence-corrected chi connectivity index (χ1v) is 8.10. The summed E-state index contributed by atoms with van der Waals surface area (Å²) in [6.07, 6.45) is 1.27. The Labute approximate surface area is 142 Å². The molecular weight excluding hydrogens is 308 g/mol. The summed E-state index contributed by atoms with van der Waals surface area (Å²) in [5.74, 6) is -1.72. The van der Waals surface area contributed by atoms with Crippen molar-refractivity contribution in [1.29, 1.82) is 0 Å². The Balaban J connectivity index is 2.82. The maximum absolute atomic E-state index is 12.1. The SMILES string of the molecule is CC(C)C[C@H](N)C(=O)N[C@H](C=O)C(CC(=O)O)Cc1ccccc1. The summed E-state index contributed by atoms with van der Waals surface area (Å²) in [5, 5.41) is 11.7. The number of carbonyl (C=O) groups is 3. The predicted molar refractivity (Wildman–Crippen MR) is 91.3 cm³/mol.